The summed E-state index contributed by atoms with van der Waals surface area (Å²) in [5.41, 5.74) is 4.02. The monoisotopic (exact) mass is 255 g/mol. The van der Waals surface area contributed by atoms with Gasteiger partial charge in [-0.25, -0.2) is 0 Å². The molecule has 0 aliphatic carbocycles. The summed E-state index contributed by atoms with van der Waals surface area (Å²) in [5, 5.41) is 2.75. The minimum Gasteiger partial charge on any atom is -0.257 e. The molecule has 0 saturated heterocycles. The molecule has 0 unspecified atom stereocenters. The van der Waals surface area contributed by atoms with E-state index in [1.807, 2.05) is 0 Å². The Labute approximate surface area is 117 Å². The van der Waals surface area contributed by atoms with Crippen molar-refractivity contribution in [3.63, 3.8) is 0 Å². The van der Waals surface area contributed by atoms with Crippen molar-refractivity contribution in [1.29, 1.82) is 0 Å². The highest BCUT2D eigenvalue weighted by molar-refractivity contribution is 5.88. The molecule has 2 rings (SSSR count). The smallest absolute Gasteiger partial charge is 0.0454 e. The van der Waals surface area contributed by atoms with Crippen LogP contribution in [-0.4, -0.2) is 4.98 Å². The summed E-state index contributed by atoms with van der Waals surface area (Å²) in [6.45, 7) is 6.65. The maximum Gasteiger partial charge on any atom is 0.0454 e. The Morgan fingerprint density at radius 3 is 2.21 bits per heavy atom. The van der Waals surface area contributed by atoms with E-state index in [0.717, 1.165) is 6.42 Å². The van der Waals surface area contributed by atoms with Gasteiger partial charge in [-0.1, -0.05) is 51.0 Å². The Morgan fingerprint density at radius 2 is 1.53 bits per heavy atom. The highest BCUT2D eigenvalue weighted by atomic mass is 14.7. The van der Waals surface area contributed by atoms with Crippen LogP contribution < -0.4 is 0 Å². The van der Waals surface area contributed by atoms with Crippen LogP contribution in [0, 0.1) is 6.92 Å². The molecular formula is C18H25N. The number of fused-ring (bicyclic) bond motifs is 1. The van der Waals surface area contributed by atoms with Gasteiger partial charge >= 0.3 is 0 Å². The number of unbranched alkanes of at least 4 members (excludes halogenated alkanes) is 2. The molecule has 0 bridgehead atoms. The first-order valence-electron chi connectivity index (χ1n) is 7.65. The predicted molar refractivity (Wildman–Crippen MR) is 83.7 cm³/mol. The second-order valence-electron chi connectivity index (χ2n) is 5.38. The van der Waals surface area contributed by atoms with Crippen molar-refractivity contribution in [2.24, 2.45) is 0 Å². The summed E-state index contributed by atoms with van der Waals surface area (Å²) in [6, 6.07) is 8.74. The van der Waals surface area contributed by atoms with Crippen LogP contribution in [0.3, 0.4) is 0 Å². The van der Waals surface area contributed by atoms with E-state index in [-0.39, 0.29) is 0 Å². The van der Waals surface area contributed by atoms with Crippen LogP contribution in [0.4, 0.5) is 0 Å². The lowest BCUT2D eigenvalue weighted by atomic mass is 9.96. The molecule has 0 atom stereocenters. The minimum atomic E-state index is 1.13. The number of benzene rings is 1. The molecule has 1 heterocycles. The molecule has 0 fully saturated rings. The molecule has 19 heavy (non-hydrogen) atoms. The standard InChI is InChI=1S/C18H25N/c1-4-6-10-17-16-12-9-8-11-15(16)14(3)19-18(17)13-7-5-2/h8-9,11-12H,4-7,10,13H2,1-3H3. The molecule has 1 heteroatoms. The van der Waals surface area contributed by atoms with E-state index in [1.165, 1.54) is 59.8 Å². The first kappa shape index (κ1) is 14.0. The van der Waals surface area contributed by atoms with Crippen LogP contribution in [0.25, 0.3) is 10.8 Å². The van der Waals surface area contributed by atoms with Gasteiger partial charge in [-0.05, 0) is 43.6 Å². The fraction of sp³-hybridized carbons (Fsp3) is 0.500. The molecule has 102 valence electrons. The maximum atomic E-state index is 4.89. The number of pyridine rings is 1. The second-order valence-corrected chi connectivity index (χ2v) is 5.38. The lowest BCUT2D eigenvalue weighted by Crippen LogP contribution is -2.02. The summed E-state index contributed by atoms with van der Waals surface area (Å²) in [5.74, 6) is 0. The SMILES string of the molecule is CCCCc1nc(C)c2ccccc2c1CCCC. The van der Waals surface area contributed by atoms with Crippen LogP contribution in [0.2, 0.25) is 0 Å². The number of hydrogen-bond donors (Lipinski definition) is 0. The molecule has 0 spiro atoms. The van der Waals surface area contributed by atoms with Crippen molar-refractivity contribution in [3.05, 3.63) is 41.2 Å². The van der Waals surface area contributed by atoms with E-state index in [1.54, 1.807) is 0 Å². The second kappa shape index (κ2) is 6.70. The third-order valence-electron chi connectivity index (χ3n) is 3.84. The van der Waals surface area contributed by atoms with E-state index >= 15 is 0 Å². The van der Waals surface area contributed by atoms with Crippen LogP contribution in [-0.2, 0) is 12.8 Å². The molecule has 0 amide bonds. The predicted octanol–water partition coefficient (Wildman–Crippen LogP) is 5.23. The fourth-order valence-corrected chi connectivity index (χ4v) is 2.73. The highest BCUT2D eigenvalue weighted by Gasteiger charge is 2.10. The van der Waals surface area contributed by atoms with E-state index in [4.69, 9.17) is 4.98 Å². The Kier molecular flexibility index (Phi) is 4.95. The Morgan fingerprint density at radius 1 is 0.895 bits per heavy atom. The largest absolute Gasteiger partial charge is 0.257 e. The average molecular weight is 255 g/mol. The van der Waals surface area contributed by atoms with Gasteiger partial charge in [0.25, 0.3) is 0 Å². The summed E-state index contributed by atoms with van der Waals surface area (Å²) in [6.07, 6.45) is 7.28. The van der Waals surface area contributed by atoms with Gasteiger partial charge in [0, 0.05) is 16.8 Å². The minimum absolute atomic E-state index is 1.13. The molecular weight excluding hydrogens is 230 g/mol. The van der Waals surface area contributed by atoms with E-state index in [9.17, 15) is 0 Å². The van der Waals surface area contributed by atoms with E-state index < -0.39 is 0 Å². The van der Waals surface area contributed by atoms with Crippen molar-refractivity contribution < 1.29 is 0 Å². The van der Waals surface area contributed by atoms with E-state index in [0.29, 0.717) is 0 Å². The Bertz CT molecular complexity index is 543. The summed E-state index contributed by atoms with van der Waals surface area (Å²) < 4.78 is 0. The zero-order valence-electron chi connectivity index (χ0n) is 12.5. The van der Waals surface area contributed by atoms with Gasteiger partial charge < -0.3 is 0 Å². The third kappa shape index (κ3) is 3.15. The molecule has 1 aromatic heterocycles. The van der Waals surface area contributed by atoms with Gasteiger partial charge in [0.15, 0.2) is 0 Å². The van der Waals surface area contributed by atoms with Crippen molar-refractivity contribution in [2.45, 2.75) is 59.3 Å². The number of nitrogens with zero attached hydrogens (tertiary/aromatic N) is 1. The molecule has 0 saturated carbocycles. The maximum absolute atomic E-state index is 4.89. The van der Waals surface area contributed by atoms with Crippen LogP contribution in [0.15, 0.2) is 24.3 Å². The van der Waals surface area contributed by atoms with Gasteiger partial charge in [-0.2, -0.15) is 0 Å². The molecule has 0 aliphatic rings. The number of aromatic nitrogens is 1. The van der Waals surface area contributed by atoms with Crippen molar-refractivity contribution in [2.75, 3.05) is 0 Å². The lowest BCUT2D eigenvalue weighted by Gasteiger charge is -2.14. The van der Waals surface area contributed by atoms with Crippen molar-refractivity contribution >= 4 is 10.8 Å². The average Bonchev–Trinajstić information content (AvgIpc) is 2.44. The number of hydrogen-bond acceptors (Lipinski definition) is 1. The topological polar surface area (TPSA) is 12.9 Å². The van der Waals surface area contributed by atoms with Crippen LogP contribution in [0.5, 0.6) is 0 Å². The zero-order chi connectivity index (χ0) is 13.7. The van der Waals surface area contributed by atoms with Crippen molar-refractivity contribution in [1.82, 2.24) is 4.98 Å². The molecule has 1 nitrogen and oxygen atoms in total. The first-order valence-corrected chi connectivity index (χ1v) is 7.65. The Balaban J connectivity index is 2.51. The van der Waals surface area contributed by atoms with Gasteiger partial charge in [-0.3, -0.25) is 4.98 Å². The number of rotatable bonds is 6. The lowest BCUT2D eigenvalue weighted by molar-refractivity contribution is 0.743. The molecule has 2 aromatic rings. The Hall–Kier alpha value is -1.37. The number of aryl methyl sites for hydroxylation is 3. The summed E-state index contributed by atoms with van der Waals surface area (Å²) in [4.78, 5) is 4.89. The normalized spacial score (nSPS) is 11.1. The molecule has 0 aliphatic heterocycles. The quantitative estimate of drug-likeness (QED) is 0.689. The van der Waals surface area contributed by atoms with Crippen molar-refractivity contribution in [3.8, 4) is 0 Å². The molecule has 1 aromatic carbocycles. The summed E-state index contributed by atoms with van der Waals surface area (Å²) >= 11 is 0. The first-order chi connectivity index (χ1) is 9.27. The highest BCUT2D eigenvalue weighted by Crippen LogP contribution is 2.26. The van der Waals surface area contributed by atoms with Crippen LogP contribution in [0.1, 0.15) is 56.5 Å². The van der Waals surface area contributed by atoms with E-state index in [2.05, 4.69) is 45.0 Å². The van der Waals surface area contributed by atoms with Gasteiger partial charge in [-0.15, -0.1) is 0 Å². The van der Waals surface area contributed by atoms with Gasteiger partial charge in [0.2, 0.25) is 0 Å². The summed E-state index contributed by atoms with van der Waals surface area (Å²) in [7, 11) is 0. The van der Waals surface area contributed by atoms with Gasteiger partial charge in [0.05, 0.1) is 0 Å². The third-order valence-corrected chi connectivity index (χ3v) is 3.84. The zero-order valence-corrected chi connectivity index (χ0v) is 12.5. The molecule has 0 N–H and O–H groups in total. The molecule has 0 radical (unpaired) electrons. The van der Waals surface area contributed by atoms with Gasteiger partial charge in [0.1, 0.15) is 0 Å². The fourth-order valence-electron chi connectivity index (χ4n) is 2.73. The van der Waals surface area contributed by atoms with Crippen LogP contribution >= 0.6 is 0 Å².